The molecule has 1 saturated carbocycles. The van der Waals surface area contributed by atoms with Crippen molar-refractivity contribution in [3.63, 3.8) is 0 Å². The van der Waals surface area contributed by atoms with E-state index in [0.29, 0.717) is 30.4 Å². The molecule has 1 fully saturated rings. The molecule has 1 N–H and O–H groups in total. The topological polar surface area (TPSA) is 46.5 Å². The Kier molecular flexibility index (Phi) is 2.96. The second kappa shape index (κ2) is 4.04. The molecule has 0 heterocycles. The summed E-state index contributed by atoms with van der Waals surface area (Å²) < 4.78 is 5.03. The van der Waals surface area contributed by atoms with Gasteiger partial charge in [-0.25, -0.2) is 4.79 Å². The molecule has 1 unspecified atom stereocenters. The summed E-state index contributed by atoms with van der Waals surface area (Å²) in [5, 5.41) is 10.1. The van der Waals surface area contributed by atoms with Gasteiger partial charge in [0.2, 0.25) is 0 Å². The molecule has 3 atom stereocenters. The summed E-state index contributed by atoms with van der Waals surface area (Å²) in [5.74, 6) is 1.13. The highest BCUT2D eigenvalue weighted by Gasteiger charge is 2.62. The van der Waals surface area contributed by atoms with Crippen molar-refractivity contribution < 1.29 is 14.6 Å². The zero-order valence-electron chi connectivity index (χ0n) is 11.1. The number of allylic oxidation sites excluding steroid dienone is 1. The van der Waals surface area contributed by atoms with E-state index in [-0.39, 0.29) is 23.1 Å². The van der Waals surface area contributed by atoms with Crippen molar-refractivity contribution in [2.24, 2.45) is 23.2 Å². The lowest BCUT2D eigenvalue weighted by atomic mass is 9.75. The molecule has 0 aromatic heterocycles. The first-order chi connectivity index (χ1) is 7.94. The first-order valence-electron chi connectivity index (χ1n) is 6.53. The molecule has 0 aromatic rings. The Morgan fingerprint density at radius 3 is 2.76 bits per heavy atom. The minimum absolute atomic E-state index is 0.102. The van der Waals surface area contributed by atoms with Gasteiger partial charge in [-0.2, -0.15) is 0 Å². The van der Waals surface area contributed by atoms with Gasteiger partial charge in [-0.3, -0.25) is 0 Å². The summed E-state index contributed by atoms with van der Waals surface area (Å²) in [6.07, 6.45) is 1.81. The molecule has 0 aliphatic heterocycles. The molecule has 2 aliphatic rings. The summed E-state index contributed by atoms with van der Waals surface area (Å²) in [6, 6.07) is 0. The van der Waals surface area contributed by atoms with Crippen molar-refractivity contribution in [3.8, 4) is 0 Å². The lowest BCUT2D eigenvalue weighted by molar-refractivity contribution is -0.139. The van der Waals surface area contributed by atoms with Crippen molar-refractivity contribution in [1.29, 1.82) is 0 Å². The minimum atomic E-state index is -0.331. The van der Waals surface area contributed by atoms with Gasteiger partial charge in [-0.1, -0.05) is 20.8 Å². The van der Waals surface area contributed by atoms with Gasteiger partial charge in [-0.05, 0) is 37.0 Å². The molecule has 3 heteroatoms. The Labute approximate surface area is 103 Å². The van der Waals surface area contributed by atoms with Crippen LogP contribution in [0.4, 0.5) is 0 Å². The number of esters is 1. The molecule has 96 valence electrons. The maximum absolute atomic E-state index is 11.8. The molecule has 0 saturated heterocycles. The Bertz CT molecular complexity index is 370. The van der Waals surface area contributed by atoms with E-state index in [4.69, 9.17) is 4.74 Å². The SMILES string of the molecule is CCOC(=O)C1=C(O)C(C)[C@H]2C[C@@]2(C(C)C)C1. The van der Waals surface area contributed by atoms with Crippen LogP contribution in [0.1, 0.15) is 40.5 Å². The van der Waals surface area contributed by atoms with E-state index in [1.807, 2.05) is 6.92 Å². The predicted molar refractivity (Wildman–Crippen MR) is 65.4 cm³/mol. The summed E-state index contributed by atoms with van der Waals surface area (Å²) >= 11 is 0. The number of hydrogen-bond acceptors (Lipinski definition) is 3. The molecule has 0 aromatic carbocycles. The molecule has 0 spiro atoms. The first-order valence-corrected chi connectivity index (χ1v) is 6.53. The van der Waals surface area contributed by atoms with E-state index in [9.17, 15) is 9.90 Å². The lowest BCUT2D eigenvalue weighted by Crippen LogP contribution is -2.27. The highest BCUT2D eigenvalue weighted by Crippen LogP contribution is 2.68. The fourth-order valence-electron chi connectivity index (χ4n) is 3.38. The van der Waals surface area contributed by atoms with Gasteiger partial charge in [0.25, 0.3) is 0 Å². The van der Waals surface area contributed by atoms with Crippen LogP contribution in [0, 0.1) is 23.2 Å². The third-order valence-electron chi connectivity index (χ3n) is 4.70. The van der Waals surface area contributed by atoms with Crippen LogP contribution in [0.25, 0.3) is 0 Å². The van der Waals surface area contributed by atoms with Gasteiger partial charge < -0.3 is 9.84 Å². The highest BCUT2D eigenvalue weighted by molar-refractivity contribution is 5.89. The average molecular weight is 238 g/mol. The second-order valence-electron chi connectivity index (χ2n) is 5.75. The minimum Gasteiger partial charge on any atom is -0.511 e. The van der Waals surface area contributed by atoms with Crippen molar-refractivity contribution >= 4 is 5.97 Å². The standard InChI is InChI=1S/C14H22O3/c1-5-17-13(16)10-6-14(8(2)3)7-11(14)9(4)12(10)15/h8-9,11,15H,5-7H2,1-4H3/t9?,11-,14-/m1/s1. The molecule has 2 rings (SSSR count). The van der Waals surface area contributed by atoms with Gasteiger partial charge in [0.05, 0.1) is 12.2 Å². The second-order valence-corrected chi connectivity index (χ2v) is 5.75. The molecule has 2 aliphatic carbocycles. The van der Waals surface area contributed by atoms with Crippen LogP contribution in [-0.2, 0) is 9.53 Å². The fraction of sp³-hybridized carbons (Fsp3) is 0.786. The summed E-state index contributed by atoms with van der Waals surface area (Å²) in [6.45, 7) is 8.58. The van der Waals surface area contributed by atoms with Crippen LogP contribution < -0.4 is 0 Å². The quantitative estimate of drug-likeness (QED) is 0.769. The molecule has 17 heavy (non-hydrogen) atoms. The van der Waals surface area contributed by atoms with Gasteiger partial charge in [-0.15, -0.1) is 0 Å². The largest absolute Gasteiger partial charge is 0.511 e. The monoisotopic (exact) mass is 238 g/mol. The van der Waals surface area contributed by atoms with E-state index in [1.165, 1.54) is 0 Å². The number of carbonyl (C=O) groups excluding carboxylic acids is 1. The normalized spacial score (nSPS) is 35.8. The van der Waals surface area contributed by atoms with E-state index in [2.05, 4.69) is 13.8 Å². The summed E-state index contributed by atoms with van der Waals surface area (Å²) in [7, 11) is 0. The summed E-state index contributed by atoms with van der Waals surface area (Å²) in [4.78, 5) is 11.8. The fourth-order valence-corrected chi connectivity index (χ4v) is 3.38. The van der Waals surface area contributed by atoms with Crippen LogP contribution in [-0.4, -0.2) is 17.7 Å². The number of fused-ring (bicyclic) bond motifs is 1. The van der Waals surface area contributed by atoms with Crippen LogP contribution in [0.2, 0.25) is 0 Å². The zero-order chi connectivity index (χ0) is 12.8. The number of hydrogen-bond donors (Lipinski definition) is 1. The average Bonchev–Trinajstić information content (AvgIpc) is 3.00. The van der Waals surface area contributed by atoms with Crippen molar-refractivity contribution in [2.45, 2.75) is 40.5 Å². The van der Waals surface area contributed by atoms with E-state index in [0.717, 1.165) is 6.42 Å². The third kappa shape index (κ3) is 1.76. The third-order valence-corrected chi connectivity index (χ3v) is 4.70. The molecule has 0 bridgehead atoms. The number of aliphatic hydroxyl groups is 1. The Morgan fingerprint density at radius 2 is 2.24 bits per heavy atom. The van der Waals surface area contributed by atoms with E-state index >= 15 is 0 Å². The van der Waals surface area contributed by atoms with Gasteiger partial charge >= 0.3 is 5.97 Å². The zero-order valence-corrected chi connectivity index (χ0v) is 11.1. The van der Waals surface area contributed by atoms with Crippen LogP contribution >= 0.6 is 0 Å². The molecule has 0 amide bonds. The number of carbonyl (C=O) groups is 1. The maximum Gasteiger partial charge on any atom is 0.337 e. The number of ether oxygens (including phenoxy) is 1. The molecular weight excluding hydrogens is 216 g/mol. The Morgan fingerprint density at radius 1 is 1.59 bits per heavy atom. The van der Waals surface area contributed by atoms with Gasteiger partial charge in [0, 0.05) is 5.92 Å². The van der Waals surface area contributed by atoms with E-state index in [1.54, 1.807) is 6.92 Å². The first kappa shape index (κ1) is 12.5. The van der Waals surface area contributed by atoms with Crippen molar-refractivity contribution in [1.82, 2.24) is 0 Å². The number of rotatable bonds is 3. The van der Waals surface area contributed by atoms with Gasteiger partial charge in [0.15, 0.2) is 0 Å². The Balaban J connectivity index is 2.26. The van der Waals surface area contributed by atoms with Crippen LogP contribution in [0.15, 0.2) is 11.3 Å². The molecular formula is C14H22O3. The maximum atomic E-state index is 11.8. The summed E-state index contributed by atoms with van der Waals surface area (Å²) in [5.41, 5.74) is 0.745. The van der Waals surface area contributed by atoms with E-state index < -0.39 is 0 Å². The van der Waals surface area contributed by atoms with Gasteiger partial charge in [0.1, 0.15) is 5.76 Å². The van der Waals surface area contributed by atoms with Crippen molar-refractivity contribution in [3.05, 3.63) is 11.3 Å². The van der Waals surface area contributed by atoms with Crippen LogP contribution in [0.5, 0.6) is 0 Å². The van der Waals surface area contributed by atoms with Crippen molar-refractivity contribution in [2.75, 3.05) is 6.61 Å². The van der Waals surface area contributed by atoms with Crippen LogP contribution in [0.3, 0.4) is 0 Å². The lowest BCUT2D eigenvalue weighted by Gasteiger charge is -2.30. The molecule has 0 radical (unpaired) electrons. The predicted octanol–water partition coefficient (Wildman–Crippen LogP) is 3.06. The Hall–Kier alpha value is -0.990. The number of aliphatic hydroxyl groups excluding tert-OH is 1. The molecule has 3 nitrogen and oxygen atoms in total. The smallest absolute Gasteiger partial charge is 0.337 e. The highest BCUT2D eigenvalue weighted by atomic mass is 16.5.